The molecule has 0 unspecified atom stereocenters. The van der Waals surface area contributed by atoms with Crippen LogP contribution in [0.1, 0.15) is 27.0 Å². The highest BCUT2D eigenvalue weighted by Crippen LogP contribution is 2.11. The Morgan fingerprint density at radius 2 is 1.57 bits per heavy atom. The van der Waals surface area contributed by atoms with Crippen LogP contribution in [0, 0.1) is 6.92 Å². The molecule has 2 N–H and O–H groups in total. The monoisotopic (exact) mass is 298 g/mol. The molecule has 3 nitrogen and oxygen atoms in total. The molecule has 0 atom stereocenters. The third kappa shape index (κ3) is 3.89. The molecule has 0 aliphatic carbocycles. The molecule has 0 saturated carbocycles. The Morgan fingerprint density at radius 1 is 1.05 bits per heavy atom. The minimum absolute atomic E-state index is 0.0231. The number of nitrogens with two attached hydrogens (primary N) is 1. The van der Waals surface area contributed by atoms with Crippen molar-refractivity contribution in [3.8, 4) is 0 Å². The van der Waals surface area contributed by atoms with Crippen molar-refractivity contribution in [3.05, 3.63) is 70.8 Å². The minimum Gasteiger partial charge on any atom is -0.389 e. The van der Waals surface area contributed by atoms with Crippen molar-refractivity contribution < 1.29 is 4.79 Å². The van der Waals surface area contributed by atoms with Gasteiger partial charge in [0.1, 0.15) is 4.99 Å². The van der Waals surface area contributed by atoms with Gasteiger partial charge in [-0.3, -0.25) is 4.79 Å². The van der Waals surface area contributed by atoms with Crippen LogP contribution in [-0.4, -0.2) is 22.8 Å². The normalized spacial score (nSPS) is 10.2. The molecule has 4 heteroatoms. The van der Waals surface area contributed by atoms with E-state index in [2.05, 4.69) is 0 Å². The van der Waals surface area contributed by atoms with Crippen LogP contribution >= 0.6 is 12.2 Å². The molecule has 2 aromatic rings. The van der Waals surface area contributed by atoms with Crippen molar-refractivity contribution >= 4 is 23.1 Å². The Morgan fingerprint density at radius 3 is 2.10 bits per heavy atom. The van der Waals surface area contributed by atoms with Crippen LogP contribution < -0.4 is 5.73 Å². The third-order valence-electron chi connectivity index (χ3n) is 3.30. The van der Waals surface area contributed by atoms with Crippen LogP contribution in [-0.2, 0) is 6.54 Å². The first-order valence-corrected chi connectivity index (χ1v) is 7.09. The van der Waals surface area contributed by atoms with Gasteiger partial charge in [0.15, 0.2) is 0 Å². The number of aryl methyl sites for hydroxylation is 1. The largest absolute Gasteiger partial charge is 0.389 e. The van der Waals surface area contributed by atoms with Crippen molar-refractivity contribution in [2.24, 2.45) is 5.73 Å². The highest BCUT2D eigenvalue weighted by molar-refractivity contribution is 7.80. The standard InChI is InChI=1S/C17H18N2OS/c1-12-3-5-13(6-4-12)11-19(2)17(20)15-9-7-14(8-10-15)16(18)21/h3-10H,11H2,1-2H3,(H2,18,21). The van der Waals surface area contributed by atoms with Gasteiger partial charge in [0.25, 0.3) is 5.91 Å². The Bertz CT molecular complexity index is 647. The fourth-order valence-electron chi connectivity index (χ4n) is 2.04. The zero-order valence-corrected chi connectivity index (χ0v) is 13.0. The van der Waals surface area contributed by atoms with E-state index in [0.29, 0.717) is 17.1 Å². The maximum absolute atomic E-state index is 12.4. The topological polar surface area (TPSA) is 46.3 Å². The van der Waals surface area contributed by atoms with Gasteiger partial charge in [-0.1, -0.05) is 54.2 Å². The first-order chi connectivity index (χ1) is 9.97. The number of rotatable bonds is 4. The zero-order chi connectivity index (χ0) is 15.4. The summed E-state index contributed by atoms with van der Waals surface area (Å²) in [5.41, 5.74) is 9.26. The molecule has 0 aliphatic rings. The summed E-state index contributed by atoms with van der Waals surface area (Å²) < 4.78 is 0. The number of benzene rings is 2. The maximum Gasteiger partial charge on any atom is 0.253 e. The van der Waals surface area contributed by atoms with E-state index in [9.17, 15) is 4.79 Å². The lowest BCUT2D eigenvalue weighted by Crippen LogP contribution is -2.26. The molecule has 0 radical (unpaired) electrons. The molecule has 0 spiro atoms. The number of hydrogen-bond donors (Lipinski definition) is 1. The van der Waals surface area contributed by atoms with Crippen LogP contribution in [0.4, 0.5) is 0 Å². The quantitative estimate of drug-likeness (QED) is 0.883. The predicted molar refractivity (Wildman–Crippen MR) is 89.3 cm³/mol. The molecule has 21 heavy (non-hydrogen) atoms. The van der Waals surface area contributed by atoms with Gasteiger partial charge >= 0.3 is 0 Å². The van der Waals surface area contributed by atoms with Gasteiger partial charge < -0.3 is 10.6 Å². The van der Waals surface area contributed by atoms with Crippen molar-refractivity contribution in [2.45, 2.75) is 13.5 Å². The SMILES string of the molecule is Cc1ccc(CN(C)C(=O)c2ccc(C(N)=S)cc2)cc1. The van der Waals surface area contributed by atoms with E-state index in [4.69, 9.17) is 18.0 Å². The summed E-state index contributed by atoms with van der Waals surface area (Å²) in [6.45, 7) is 2.62. The van der Waals surface area contributed by atoms with Crippen molar-refractivity contribution in [1.82, 2.24) is 4.90 Å². The van der Waals surface area contributed by atoms with Gasteiger partial charge in [0.05, 0.1) is 0 Å². The Hall–Kier alpha value is -2.20. The average molecular weight is 298 g/mol. The lowest BCUT2D eigenvalue weighted by atomic mass is 10.1. The highest BCUT2D eigenvalue weighted by Gasteiger charge is 2.12. The van der Waals surface area contributed by atoms with E-state index >= 15 is 0 Å². The lowest BCUT2D eigenvalue weighted by Gasteiger charge is -2.17. The summed E-state index contributed by atoms with van der Waals surface area (Å²) in [5, 5.41) is 0. The summed E-state index contributed by atoms with van der Waals surface area (Å²) >= 11 is 4.90. The second-order valence-electron chi connectivity index (χ2n) is 5.09. The molecule has 0 fully saturated rings. The van der Waals surface area contributed by atoms with Crippen LogP contribution in [0.25, 0.3) is 0 Å². The molecule has 2 aromatic carbocycles. The van der Waals surface area contributed by atoms with Crippen LogP contribution in [0.5, 0.6) is 0 Å². The fourth-order valence-corrected chi connectivity index (χ4v) is 2.17. The van der Waals surface area contributed by atoms with Crippen molar-refractivity contribution in [3.63, 3.8) is 0 Å². The summed E-state index contributed by atoms with van der Waals surface area (Å²) in [5.74, 6) is -0.0231. The Labute approximate surface area is 130 Å². The van der Waals surface area contributed by atoms with E-state index in [1.54, 1.807) is 36.2 Å². The second kappa shape index (κ2) is 6.50. The van der Waals surface area contributed by atoms with Crippen LogP contribution in [0.15, 0.2) is 48.5 Å². The fraction of sp³-hybridized carbons (Fsp3) is 0.176. The van der Waals surface area contributed by atoms with E-state index in [-0.39, 0.29) is 5.91 Å². The van der Waals surface area contributed by atoms with Crippen molar-refractivity contribution in [2.75, 3.05) is 7.05 Å². The predicted octanol–water partition coefficient (Wildman–Crippen LogP) is 2.90. The molecule has 108 valence electrons. The maximum atomic E-state index is 12.4. The molecule has 2 rings (SSSR count). The summed E-state index contributed by atoms with van der Waals surface area (Å²) in [4.78, 5) is 14.4. The van der Waals surface area contributed by atoms with Gasteiger partial charge in [-0.05, 0) is 24.6 Å². The Kier molecular flexibility index (Phi) is 4.70. The number of nitrogens with zero attached hydrogens (tertiary/aromatic N) is 1. The molecule has 1 amide bonds. The molecule has 0 heterocycles. The summed E-state index contributed by atoms with van der Waals surface area (Å²) in [6.07, 6.45) is 0. The van der Waals surface area contributed by atoms with Gasteiger partial charge in [0.2, 0.25) is 0 Å². The zero-order valence-electron chi connectivity index (χ0n) is 12.2. The molecule has 0 aromatic heterocycles. The van der Waals surface area contributed by atoms with Gasteiger partial charge in [-0.15, -0.1) is 0 Å². The summed E-state index contributed by atoms with van der Waals surface area (Å²) in [6, 6.07) is 15.2. The van der Waals surface area contributed by atoms with E-state index in [1.807, 2.05) is 31.2 Å². The number of thiocarbonyl (C=S) groups is 1. The van der Waals surface area contributed by atoms with Crippen LogP contribution in [0.3, 0.4) is 0 Å². The molecular weight excluding hydrogens is 280 g/mol. The first-order valence-electron chi connectivity index (χ1n) is 6.68. The van der Waals surface area contributed by atoms with Gasteiger partial charge in [0, 0.05) is 24.7 Å². The minimum atomic E-state index is -0.0231. The number of carbonyl (C=O) groups excluding carboxylic acids is 1. The third-order valence-corrected chi connectivity index (χ3v) is 3.54. The van der Waals surface area contributed by atoms with Gasteiger partial charge in [-0.25, -0.2) is 0 Å². The highest BCUT2D eigenvalue weighted by atomic mass is 32.1. The number of hydrogen-bond acceptors (Lipinski definition) is 2. The number of carbonyl (C=O) groups is 1. The lowest BCUT2D eigenvalue weighted by molar-refractivity contribution is 0.0785. The van der Waals surface area contributed by atoms with Crippen LogP contribution in [0.2, 0.25) is 0 Å². The average Bonchev–Trinajstić information content (AvgIpc) is 2.49. The molecule has 0 aliphatic heterocycles. The Balaban J connectivity index is 2.08. The first kappa shape index (κ1) is 15.2. The number of amides is 1. The smallest absolute Gasteiger partial charge is 0.253 e. The van der Waals surface area contributed by atoms with Gasteiger partial charge in [-0.2, -0.15) is 0 Å². The van der Waals surface area contributed by atoms with E-state index in [1.165, 1.54) is 5.56 Å². The van der Waals surface area contributed by atoms with E-state index < -0.39 is 0 Å². The molecule has 0 bridgehead atoms. The molecule has 0 saturated heterocycles. The summed E-state index contributed by atoms with van der Waals surface area (Å²) in [7, 11) is 1.80. The van der Waals surface area contributed by atoms with E-state index in [0.717, 1.165) is 11.1 Å². The molecular formula is C17H18N2OS. The second-order valence-corrected chi connectivity index (χ2v) is 5.53. The van der Waals surface area contributed by atoms with Crippen molar-refractivity contribution in [1.29, 1.82) is 0 Å².